The number of amides is 1. The van der Waals surface area contributed by atoms with Gasteiger partial charge in [-0.1, -0.05) is 0 Å². The van der Waals surface area contributed by atoms with Gasteiger partial charge in [0.2, 0.25) is 0 Å². The molecule has 0 saturated carbocycles. The highest BCUT2D eigenvalue weighted by atomic mass is 127. The summed E-state index contributed by atoms with van der Waals surface area (Å²) in [6.45, 7) is 2.94. The Labute approximate surface area is 78.1 Å². The summed E-state index contributed by atoms with van der Waals surface area (Å²) >= 11 is 1.51. The molecule has 1 amide bonds. The van der Waals surface area contributed by atoms with E-state index in [9.17, 15) is 13.6 Å². The van der Waals surface area contributed by atoms with E-state index in [4.69, 9.17) is 0 Å². The van der Waals surface area contributed by atoms with Crippen molar-refractivity contribution >= 4 is 26.5 Å². The Morgan fingerprint density at radius 1 is 1.55 bits per heavy atom. The van der Waals surface area contributed by atoms with E-state index >= 15 is 0 Å². The molecule has 66 valence electrons. The second-order valence-electron chi connectivity index (χ2n) is 2.39. The molecule has 0 radical (unpaired) electrons. The van der Waals surface area contributed by atoms with Gasteiger partial charge >= 0.3 is 0 Å². The van der Waals surface area contributed by atoms with Crippen molar-refractivity contribution in [2.24, 2.45) is 0 Å². The van der Waals surface area contributed by atoms with Crippen LogP contribution in [0.4, 0.5) is 13.6 Å². The van der Waals surface area contributed by atoms with Gasteiger partial charge in [0.05, 0.1) is 6.54 Å². The minimum absolute atomic E-state index is 0.159. The van der Waals surface area contributed by atoms with E-state index in [2.05, 4.69) is 0 Å². The van der Waals surface area contributed by atoms with E-state index in [1.54, 1.807) is 13.8 Å². The molecule has 0 aliphatic rings. The normalized spacial score (nSPS) is 10.8. The van der Waals surface area contributed by atoms with Crippen LogP contribution in [0.15, 0.2) is 0 Å². The number of alkyl halides is 2. The number of carbonyl (C=O) groups is 1. The molecule has 2 nitrogen and oxygen atoms in total. The van der Waals surface area contributed by atoms with Crippen LogP contribution in [0, 0.1) is 0 Å². The number of rotatable bonds is 3. The zero-order chi connectivity index (χ0) is 9.02. The van der Waals surface area contributed by atoms with Crippen LogP contribution in [-0.2, 0) is 0 Å². The van der Waals surface area contributed by atoms with Gasteiger partial charge in [-0.3, -0.25) is 4.79 Å². The summed E-state index contributed by atoms with van der Waals surface area (Å²) in [5.74, 6) is 0. The molecule has 0 aliphatic carbocycles. The Morgan fingerprint density at radius 2 is 2.00 bits per heavy atom. The van der Waals surface area contributed by atoms with Crippen LogP contribution < -0.4 is 0 Å². The molecule has 0 saturated heterocycles. The minimum Gasteiger partial charge on any atom is -0.326 e. The number of halogens is 3. The topological polar surface area (TPSA) is 20.3 Å². The first-order valence-electron chi connectivity index (χ1n) is 3.19. The highest BCUT2D eigenvalue weighted by Gasteiger charge is 2.18. The summed E-state index contributed by atoms with van der Waals surface area (Å²) in [4.78, 5) is 11.8. The van der Waals surface area contributed by atoms with Crippen LogP contribution in [0.1, 0.15) is 13.8 Å². The molecule has 0 heterocycles. The number of hydrogen-bond donors (Lipinski definition) is 0. The van der Waals surface area contributed by atoms with Gasteiger partial charge in [-0.25, -0.2) is 8.78 Å². The highest BCUT2D eigenvalue weighted by Crippen LogP contribution is 2.08. The summed E-state index contributed by atoms with van der Waals surface area (Å²) in [7, 11) is 0. The first kappa shape index (κ1) is 11.1. The van der Waals surface area contributed by atoms with Gasteiger partial charge < -0.3 is 4.90 Å². The van der Waals surface area contributed by atoms with E-state index in [0.29, 0.717) is 0 Å². The third-order valence-corrected chi connectivity index (χ3v) is 1.80. The second kappa shape index (κ2) is 4.84. The zero-order valence-corrected chi connectivity index (χ0v) is 8.51. The molecule has 11 heavy (non-hydrogen) atoms. The smallest absolute Gasteiger partial charge is 0.283 e. The van der Waals surface area contributed by atoms with Crippen molar-refractivity contribution in [2.45, 2.75) is 26.3 Å². The van der Waals surface area contributed by atoms with Gasteiger partial charge in [-0.15, -0.1) is 0 Å². The average molecular weight is 277 g/mol. The molecule has 0 aromatic heterocycles. The summed E-state index contributed by atoms with van der Waals surface area (Å²) in [5.41, 5.74) is 0. The molecule has 0 aliphatic heterocycles. The lowest BCUT2D eigenvalue weighted by Crippen LogP contribution is -2.36. The van der Waals surface area contributed by atoms with Crippen LogP contribution in [-0.4, -0.2) is 27.8 Å². The van der Waals surface area contributed by atoms with E-state index < -0.39 is 13.0 Å². The fourth-order valence-corrected chi connectivity index (χ4v) is 1.39. The van der Waals surface area contributed by atoms with Crippen LogP contribution >= 0.6 is 22.6 Å². The van der Waals surface area contributed by atoms with E-state index in [1.807, 2.05) is 0 Å². The molecule has 0 unspecified atom stereocenters. The molecule has 0 rings (SSSR count). The SMILES string of the molecule is CC(C)N(CC(F)F)C(=O)I. The molecule has 0 fully saturated rings. The maximum absolute atomic E-state index is 11.8. The Balaban J connectivity index is 4.01. The van der Waals surface area contributed by atoms with Crippen molar-refractivity contribution in [1.82, 2.24) is 4.90 Å². The standard InChI is InChI=1S/C6H10F2INO/c1-4(2)10(6(9)11)3-5(7)8/h4-5H,3H2,1-2H3. The Morgan fingerprint density at radius 3 is 2.09 bits per heavy atom. The van der Waals surface area contributed by atoms with Crippen LogP contribution in [0.25, 0.3) is 0 Å². The van der Waals surface area contributed by atoms with Gasteiger partial charge in [0.25, 0.3) is 10.3 Å². The number of hydrogen-bond acceptors (Lipinski definition) is 1. The molecule has 0 aromatic rings. The van der Waals surface area contributed by atoms with Crippen molar-refractivity contribution in [2.75, 3.05) is 6.54 Å². The minimum atomic E-state index is -2.45. The fourth-order valence-electron chi connectivity index (χ4n) is 0.634. The fraction of sp³-hybridized carbons (Fsp3) is 0.833. The van der Waals surface area contributed by atoms with Crippen LogP contribution in [0.2, 0.25) is 0 Å². The molecule has 0 N–H and O–H groups in total. The lowest BCUT2D eigenvalue weighted by molar-refractivity contribution is 0.0957. The third kappa shape index (κ3) is 4.49. The maximum Gasteiger partial charge on any atom is 0.283 e. The molecule has 0 aromatic carbocycles. The molecule has 0 spiro atoms. The maximum atomic E-state index is 11.8. The molecular formula is C6H10F2INO. The van der Waals surface area contributed by atoms with E-state index in [0.717, 1.165) is 4.90 Å². The van der Waals surface area contributed by atoms with Gasteiger partial charge in [0, 0.05) is 28.6 Å². The van der Waals surface area contributed by atoms with Gasteiger partial charge in [-0.2, -0.15) is 0 Å². The van der Waals surface area contributed by atoms with Gasteiger partial charge in [0.1, 0.15) is 0 Å². The Hall–Kier alpha value is 0.0600. The monoisotopic (exact) mass is 277 g/mol. The van der Waals surface area contributed by atoms with Crippen molar-refractivity contribution < 1.29 is 13.6 Å². The quantitative estimate of drug-likeness (QED) is 0.441. The average Bonchev–Trinajstić information content (AvgIpc) is 1.81. The zero-order valence-electron chi connectivity index (χ0n) is 6.35. The Kier molecular flexibility index (Phi) is 4.87. The van der Waals surface area contributed by atoms with Crippen molar-refractivity contribution in [3.63, 3.8) is 0 Å². The van der Waals surface area contributed by atoms with E-state index in [-0.39, 0.29) is 9.96 Å². The summed E-state index contributed by atoms with van der Waals surface area (Å²) < 4.78 is 23.3. The van der Waals surface area contributed by atoms with Crippen LogP contribution in [0.3, 0.4) is 0 Å². The van der Waals surface area contributed by atoms with Gasteiger partial charge in [0.15, 0.2) is 0 Å². The summed E-state index contributed by atoms with van der Waals surface area (Å²) in [6, 6.07) is -0.159. The molecule has 0 bridgehead atoms. The first-order chi connectivity index (χ1) is 4.95. The highest BCUT2D eigenvalue weighted by molar-refractivity contribution is 14.1. The molecule has 5 heteroatoms. The van der Waals surface area contributed by atoms with Gasteiger partial charge in [-0.05, 0) is 13.8 Å². The summed E-state index contributed by atoms with van der Waals surface area (Å²) in [5, 5.41) is 0. The first-order valence-corrected chi connectivity index (χ1v) is 4.27. The van der Waals surface area contributed by atoms with E-state index in [1.165, 1.54) is 22.6 Å². The lowest BCUT2D eigenvalue weighted by atomic mass is 10.3. The summed E-state index contributed by atoms with van der Waals surface area (Å²) in [6.07, 6.45) is -2.45. The lowest BCUT2D eigenvalue weighted by Gasteiger charge is -2.23. The third-order valence-electron chi connectivity index (χ3n) is 1.18. The molecule has 0 atom stereocenters. The van der Waals surface area contributed by atoms with Crippen molar-refractivity contribution in [3.8, 4) is 0 Å². The predicted octanol–water partition coefficient (Wildman–Crippen LogP) is 2.52. The predicted molar refractivity (Wildman–Crippen MR) is 47.3 cm³/mol. The van der Waals surface area contributed by atoms with Crippen molar-refractivity contribution in [3.05, 3.63) is 0 Å². The second-order valence-corrected chi connectivity index (χ2v) is 3.31. The largest absolute Gasteiger partial charge is 0.326 e. The van der Waals surface area contributed by atoms with Crippen LogP contribution in [0.5, 0.6) is 0 Å². The number of carbonyl (C=O) groups excluding carboxylic acids is 1. The van der Waals surface area contributed by atoms with Crippen molar-refractivity contribution in [1.29, 1.82) is 0 Å². The Bertz CT molecular complexity index is 141. The molecular weight excluding hydrogens is 267 g/mol. The number of nitrogens with zero attached hydrogens (tertiary/aromatic N) is 1.